The van der Waals surface area contributed by atoms with Crippen molar-refractivity contribution in [3.63, 3.8) is 0 Å². The second kappa shape index (κ2) is 5.85. The first-order chi connectivity index (χ1) is 9.81. The minimum Gasteiger partial charge on any atom is -0.393 e. The van der Waals surface area contributed by atoms with Crippen molar-refractivity contribution in [1.82, 2.24) is 9.47 Å². The number of aromatic nitrogens is 1. The summed E-state index contributed by atoms with van der Waals surface area (Å²) >= 11 is 0. The number of hydrogen-bond acceptors (Lipinski definition) is 4. The fraction of sp³-hybridized carbons (Fsp3) is 0.643. The number of nitro groups is 1. The molecule has 1 aromatic rings. The molecule has 7 heteroatoms. The highest BCUT2D eigenvalue weighted by molar-refractivity contribution is 5.93. The Morgan fingerprint density at radius 2 is 2.14 bits per heavy atom. The molecule has 1 fully saturated rings. The van der Waals surface area contributed by atoms with Gasteiger partial charge in [0.2, 0.25) is 0 Å². The molecular formula is C14H21N3O4. The van der Waals surface area contributed by atoms with Crippen LogP contribution in [0.4, 0.5) is 5.69 Å². The van der Waals surface area contributed by atoms with Crippen LogP contribution in [0.1, 0.15) is 43.7 Å². The van der Waals surface area contributed by atoms with Crippen LogP contribution >= 0.6 is 0 Å². The quantitative estimate of drug-likeness (QED) is 0.678. The van der Waals surface area contributed by atoms with E-state index in [0.29, 0.717) is 18.8 Å². The Morgan fingerprint density at radius 3 is 2.62 bits per heavy atom. The molecule has 0 spiro atoms. The molecule has 0 aromatic carbocycles. The van der Waals surface area contributed by atoms with Gasteiger partial charge < -0.3 is 14.6 Å². The van der Waals surface area contributed by atoms with Crippen LogP contribution in [-0.2, 0) is 0 Å². The van der Waals surface area contributed by atoms with Gasteiger partial charge in [0, 0.05) is 31.1 Å². The second-order valence-electron chi connectivity index (χ2n) is 5.88. The zero-order valence-corrected chi connectivity index (χ0v) is 12.5. The molecule has 0 radical (unpaired) electrons. The zero-order valence-electron chi connectivity index (χ0n) is 12.5. The maximum atomic E-state index is 12.6. The Bertz CT molecular complexity index is 550. The van der Waals surface area contributed by atoms with Gasteiger partial charge in [-0.3, -0.25) is 14.9 Å². The van der Waals surface area contributed by atoms with Crippen LogP contribution in [0.15, 0.2) is 12.3 Å². The number of aliphatic hydroxyl groups excluding tert-OH is 1. The van der Waals surface area contributed by atoms with Crippen molar-refractivity contribution in [2.24, 2.45) is 5.92 Å². The average Bonchev–Trinajstić information content (AvgIpc) is 3.05. The summed E-state index contributed by atoms with van der Waals surface area (Å²) in [6.45, 7) is 6.55. The van der Waals surface area contributed by atoms with E-state index in [4.69, 9.17) is 0 Å². The summed E-state index contributed by atoms with van der Waals surface area (Å²) in [5.74, 6) is -0.133. The molecule has 7 nitrogen and oxygen atoms in total. The molecule has 1 N–H and O–H groups in total. The fourth-order valence-corrected chi connectivity index (χ4v) is 2.69. The van der Waals surface area contributed by atoms with Gasteiger partial charge in [0.25, 0.3) is 11.6 Å². The third kappa shape index (κ3) is 3.07. The Kier molecular flexibility index (Phi) is 4.32. The van der Waals surface area contributed by atoms with Gasteiger partial charge in [0.05, 0.1) is 17.2 Å². The molecule has 2 heterocycles. The van der Waals surface area contributed by atoms with Crippen molar-refractivity contribution < 1.29 is 14.8 Å². The largest absolute Gasteiger partial charge is 0.393 e. The van der Waals surface area contributed by atoms with Crippen molar-refractivity contribution in [2.75, 3.05) is 13.1 Å². The molecule has 1 aromatic heterocycles. The van der Waals surface area contributed by atoms with Crippen LogP contribution in [0.3, 0.4) is 0 Å². The van der Waals surface area contributed by atoms with Gasteiger partial charge in [-0.25, -0.2) is 0 Å². The molecule has 116 valence electrons. The van der Waals surface area contributed by atoms with Gasteiger partial charge in [-0.05, 0) is 27.2 Å². The van der Waals surface area contributed by atoms with E-state index in [1.54, 1.807) is 16.4 Å². The van der Waals surface area contributed by atoms with Crippen LogP contribution < -0.4 is 0 Å². The average molecular weight is 295 g/mol. The first-order valence-corrected chi connectivity index (χ1v) is 7.15. The van der Waals surface area contributed by atoms with Crippen molar-refractivity contribution in [3.05, 3.63) is 28.1 Å². The number of likely N-dealkylation sites (tertiary alicyclic amines) is 1. The summed E-state index contributed by atoms with van der Waals surface area (Å²) in [7, 11) is 0. The summed E-state index contributed by atoms with van der Waals surface area (Å²) in [5, 5.41) is 20.5. The second-order valence-corrected chi connectivity index (χ2v) is 5.88. The number of amides is 1. The van der Waals surface area contributed by atoms with Crippen LogP contribution in [0, 0.1) is 16.0 Å². The van der Waals surface area contributed by atoms with Gasteiger partial charge in [-0.2, -0.15) is 0 Å². The molecule has 1 aliphatic heterocycles. The van der Waals surface area contributed by atoms with Gasteiger partial charge in [-0.1, -0.05) is 0 Å². The van der Waals surface area contributed by atoms with Crippen LogP contribution in [0.2, 0.25) is 0 Å². The van der Waals surface area contributed by atoms with E-state index in [0.717, 1.165) is 6.42 Å². The van der Waals surface area contributed by atoms with Gasteiger partial charge in [0.1, 0.15) is 5.69 Å². The smallest absolute Gasteiger partial charge is 0.287 e. The molecule has 1 amide bonds. The molecule has 21 heavy (non-hydrogen) atoms. The summed E-state index contributed by atoms with van der Waals surface area (Å²) in [4.78, 5) is 24.7. The number of aliphatic hydroxyl groups is 1. The van der Waals surface area contributed by atoms with Gasteiger partial charge >= 0.3 is 0 Å². The maximum absolute atomic E-state index is 12.6. The van der Waals surface area contributed by atoms with E-state index in [1.807, 2.05) is 13.8 Å². The molecule has 2 rings (SSSR count). The monoisotopic (exact) mass is 295 g/mol. The maximum Gasteiger partial charge on any atom is 0.287 e. The van der Waals surface area contributed by atoms with Crippen LogP contribution in [0.25, 0.3) is 0 Å². The first kappa shape index (κ1) is 15.5. The summed E-state index contributed by atoms with van der Waals surface area (Å²) in [6.07, 6.45) is 1.71. The third-order valence-electron chi connectivity index (χ3n) is 4.01. The predicted octanol–water partition coefficient (Wildman–Crippen LogP) is 1.82. The van der Waals surface area contributed by atoms with E-state index in [-0.39, 0.29) is 23.6 Å². The van der Waals surface area contributed by atoms with Crippen LogP contribution in [-0.4, -0.2) is 44.6 Å². The topological polar surface area (TPSA) is 88.6 Å². The molecule has 2 unspecified atom stereocenters. The SMILES string of the molecule is CC(O)C1CCN(C(=O)c2cc([N+](=O)[O-])cn2C(C)C)C1. The number of nitrogens with zero attached hydrogens (tertiary/aromatic N) is 3. The summed E-state index contributed by atoms with van der Waals surface area (Å²) in [6, 6.07) is 1.30. The number of carbonyl (C=O) groups is 1. The predicted molar refractivity (Wildman–Crippen MR) is 77.2 cm³/mol. The number of carbonyl (C=O) groups excluding carboxylic acids is 1. The zero-order chi connectivity index (χ0) is 15.7. The minimum absolute atomic E-state index is 0.0344. The molecule has 1 aliphatic rings. The van der Waals surface area contributed by atoms with Crippen LogP contribution in [0.5, 0.6) is 0 Å². The van der Waals surface area contributed by atoms with E-state index in [2.05, 4.69) is 0 Å². The fourth-order valence-electron chi connectivity index (χ4n) is 2.69. The molecule has 2 atom stereocenters. The number of rotatable bonds is 4. The van der Waals surface area contributed by atoms with E-state index < -0.39 is 11.0 Å². The third-order valence-corrected chi connectivity index (χ3v) is 4.01. The summed E-state index contributed by atoms with van der Waals surface area (Å²) in [5.41, 5.74) is 0.265. The minimum atomic E-state index is -0.488. The molecular weight excluding hydrogens is 274 g/mol. The lowest BCUT2D eigenvalue weighted by molar-refractivity contribution is -0.384. The Morgan fingerprint density at radius 1 is 1.48 bits per heavy atom. The van der Waals surface area contributed by atoms with Gasteiger partial charge in [-0.15, -0.1) is 0 Å². The number of hydrogen-bond donors (Lipinski definition) is 1. The standard InChI is InChI=1S/C14H21N3O4/c1-9(2)16-8-12(17(20)21)6-13(16)14(19)15-5-4-11(7-15)10(3)18/h6,8-11,18H,4-5,7H2,1-3H3. The molecule has 1 saturated heterocycles. The van der Waals surface area contributed by atoms with Crippen molar-refractivity contribution in [1.29, 1.82) is 0 Å². The Labute approximate surface area is 123 Å². The normalized spacial score (nSPS) is 20.0. The van der Waals surface area contributed by atoms with Crippen molar-refractivity contribution in [2.45, 2.75) is 39.3 Å². The highest BCUT2D eigenvalue weighted by Gasteiger charge is 2.32. The van der Waals surface area contributed by atoms with E-state index in [9.17, 15) is 20.0 Å². The molecule has 0 aliphatic carbocycles. The highest BCUT2D eigenvalue weighted by atomic mass is 16.6. The van der Waals surface area contributed by atoms with Gasteiger partial charge in [0.15, 0.2) is 0 Å². The first-order valence-electron chi connectivity index (χ1n) is 7.15. The van der Waals surface area contributed by atoms with Crippen molar-refractivity contribution in [3.8, 4) is 0 Å². The lowest BCUT2D eigenvalue weighted by atomic mass is 10.0. The highest BCUT2D eigenvalue weighted by Crippen LogP contribution is 2.25. The Balaban J connectivity index is 2.25. The van der Waals surface area contributed by atoms with Crippen molar-refractivity contribution >= 4 is 11.6 Å². The van der Waals surface area contributed by atoms with E-state index >= 15 is 0 Å². The molecule has 0 bridgehead atoms. The lowest BCUT2D eigenvalue weighted by Crippen LogP contribution is -2.32. The lowest BCUT2D eigenvalue weighted by Gasteiger charge is -2.19. The molecule has 0 saturated carbocycles. The summed E-state index contributed by atoms with van der Waals surface area (Å²) < 4.78 is 1.64. The van der Waals surface area contributed by atoms with E-state index in [1.165, 1.54) is 12.3 Å². The Hall–Kier alpha value is -1.89.